The highest BCUT2D eigenvalue weighted by molar-refractivity contribution is 6.16. The lowest BCUT2D eigenvalue weighted by Gasteiger charge is -2.03. The fraction of sp³-hybridized carbons (Fsp3) is 0.300. The second kappa shape index (κ2) is 4.14. The number of aryl methyl sites for hydroxylation is 1. The van der Waals surface area contributed by atoms with Crippen LogP contribution in [-0.4, -0.2) is 16.2 Å². The molecule has 5 heteroatoms. The zero-order valence-corrected chi connectivity index (χ0v) is 8.64. The molecule has 80 valence electrons. The minimum atomic E-state index is -0.522. The Morgan fingerprint density at radius 1 is 1.40 bits per heavy atom. The van der Waals surface area contributed by atoms with Crippen LogP contribution in [0.15, 0.2) is 18.2 Å². The Balaban J connectivity index is 2.68. The van der Waals surface area contributed by atoms with Crippen LogP contribution in [0.3, 0.4) is 0 Å². The molecule has 0 aliphatic heterocycles. The van der Waals surface area contributed by atoms with Gasteiger partial charge in [0, 0.05) is 0 Å². The van der Waals surface area contributed by atoms with Gasteiger partial charge in [-0.05, 0) is 12.1 Å². The summed E-state index contributed by atoms with van der Waals surface area (Å²) in [5, 5.41) is 0. The zero-order chi connectivity index (χ0) is 10.8. The molecule has 0 aliphatic rings. The van der Waals surface area contributed by atoms with Crippen molar-refractivity contribution in [2.24, 2.45) is 0 Å². The first-order valence-electron chi connectivity index (χ1n) is 4.53. The van der Waals surface area contributed by atoms with Crippen LogP contribution >= 0.6 is 11.6 Å². The average molecular weight is 231 g/mol. The number of imidazole rings is 1. The van der Waals surface area contributed by atoms with E-state index in [1.807, 2.05) is 0 Å². The van der Waals surface area contributed by atoms with Crippen molar-refractivity contribution in [1.82, 2.24) is 9.55 Å². The van der Waals surface area contributed by atoms with Crippen molar-refractivity contribution in [3.63, 3.8) is 0 Å². The number of fused-ring (bicyclic) bond motifs is 1. The molecule has 0 unspecified atom stereocenters. The van der Waals surface area contributed by atoms with Crippen molar-refractivity contribution in [2.45, 2.75) is 12.4 Å². The summed E-state index contributed by atoms with van der Waals surface area (Å²) < 4.78 is 27.3. The van der Waals surface area contributed by atoms with Crippen LogP contribution in [0.25, 0.3) is 11.0 Å². The SMILES string of the molecule is FCCn1c(CCl)nc2c(F)cccc21. The summed E-state index contributed by atoms with van der Waals surface area (Å²) in [5.41, 5.74) is 0.838. The van der Waals surface area contributed by atoms with E-state index >= 15 is 0 Å². The molecule has 0 spiro atoms. The summed E-state index contributed by atoms with van der Waals surface area (Å²) in [4.78, 5) is 4.04. The molecule has 0 saturated heterocycles. The van der Waals surface area contributed by atoms with E-state index in [9.17, 15) is 8.78 Å². The Morgan fingerprint density at radius 3 is 2.87 bits per heavy atom. The van der Waals surface area contributed by atoms with Crippen molar-refractivity contribution in [1.29, 1.82) is 0 Å². The van der Waals surface area contributed by atoms with Crippen LogP contribution < -0.4 is 0 Å². The molecule has 0 saturated carbocycles. The molecule has 2 aromatic rings. The van der Waals surface area contributed by atoms with Crippen LogP contribution in [0.5, 0.6) is 0 Å². The topological polar surface area (TPSA) is 17.8 Å². The molecule has 0 fully saturated rings. The molecule has 15 heavy (non-hydrogen) atoms. The number of aromatic nitrogens is 2. The predicted octanol–water partition coefficient (Wildman–Crippen LogP) is 2.88. The van der Waals surface area contributed by atoms with Crippen molar-refractivity contribution in [3.05, 3.63) is 29.8 Å². The number of nitrogens with zero attached hydrogens (tertiary/aromatic N) is 2. The third-order valence-corrected chi connectivity index (χ3v) is 2.48. The molecule has 1 aromatic heterocycles. The van der Waals surface area contributed by atoms with Gasteiger partial charge >= 0.3 is 0 Å². The summed E-state index contributed by atoms with van der Waals surface area (Å²) >= 11 is 5.66. The highest BCUT2D eigenvalue weighted by Crippen LogP contribution is 2.20. The van der Waals surface area contributed by atoms with Gasteiger partial charge in [-0.25, -0.2) is 13.8 Å². The van der Waals surface area contributed by atoms with Crippen LogP contribution in [0.2, 0.25) is 0 Å². The molecular weight excluding hydrogens is 222 g/mol. The van der Waals surface area contributed by atoms with E-state index in [2.05, 4.69) is 4.98 Å². The summed E-state index contributed by atoms with van der Waals surface area (Å²) in [6.45, 7) is -0.367. The summed E-state index contributed by atoms with van der Waals surface area (Å²) in [6, 6.07) is 4.61. The lowest BCUT2D eigenvalue weighted by molar-refractivity contribution is 0.446. The van der Waals surface area contributed by atoms with E-state index in [4.69, 9.17) is 11.6 Å². The van der Waals surface area contributed by atoms with Gasteiger partial charge in [0.15, 0.2) is 5.82 Å². The molecule has 0 aliphatic carbocycles. The maximum atomic E-state index is 13.3. The minimum Gasteiger partial charge on any atom is -0.324 e. The van der Waals surface area contributed by atoms with Crippen molar-refractivity contribution < 1.29 is 8.78 Å². The Bertz CT molecular complexity index is 481. The van der Waals surface area contributed by atoms with Crippen molar-refractivity contribution in [2.75, 3.05) is 6.67 Å². The molecule has 0 amide bonds. The number of para-hydroxylation sites is 1. The molecule has 0 atom stereocenters. The highest BCUT2D eigenvalue weighted by atomic mass is 35.5. The number of benzene rings is 1. The van der Waals surface area contributed by atoms with E-state index in [1.165, 1.54) is 6.07 Å². The lowest BCUT2D eigenvalue weighted by atomic mass is 10.3. The van der Waals surface area contributed by atoms with Gasteiger partial charge in [0.25, 0.3) is 0 Å². The summed E-state index contributed by atoms with van der Waals surface area (Å²) in [6.07, 6.45) is 0. The average Bonchev–Trinajstić information content (AvgIpc) is 2.59. The third-order valence-electron chi connectivity index (χ3n) is 2.24. The van der Waals surface area contributed by atoms with E-state index < -0.39 is 12.5 Å². The van der Waals surface area contributed by atoms with E-state index in [-0.39, 0.29) is 17.9 Å². The second-order valence-corrected chi connectivity index (χ2v) is 3.38. The maximum absolute atomic E-state index is 13.3. The maximum Gasteiger partial charge on any atom is 0.151 e. The Morgan fingerprint density at radius 2 is 2.20 bits per heavy atom. The Hall–Kier alpha value is -1.16. The zero-order valence-electron chi connectivity index (χ0n) is 7.88. The summed E-state index contributed by atoms with van der Waals surface area (Å²) in [5.74, 6) is 0.236. The number of hydrogen-bond acceptors (Lipinski definition) is 1. The van der Waals surface area contributed by atoms with E-state index in [1.54, 1.807) is 16.7 Å². The highest BCUT2D eigenvalue weighted by Gasteiger charge is 2.12. The third kappa shape index (κ3) is 1.69. The standard InChI is InChI=1S/C10H9ClF2N2/c11-6-9-14-10-7(13)2-1-3-8(10)15(9)5-4-12/h1-3H,4-6H2. The molecule has 1 heterocycles. The van der Waals surface area contributed by atoms with Crippen LogP contribution in [0.4, 0.5) is 8.78 Å². The molecule has 0 N–H and O–H groups in total. The van der Waals surface area contributed by atoms with Crippen LogP contribution in [0, 0.1) is 5.82 Å². The quantitative estimate of drug-likeness (QED) is 0.742. The number of rotatable bonds is 3. The van der Waals surface area contributed by atoms with Gasteiger partial charge in [-0.2, -0.15) is 0 Å². The van der Waals surface area contributed by atoms with Gasteiger partial charge in [-0.3, -0.25) is 0 Å². The molecule has 0 bridgehead atoms. The number of hydrogen-bond donors (Lipinski definition) is 0. The van der Waals surface area contributed by atoms with Crippen LogP contribution in [-0.2, 0) is 12.4 Å². The van der Waals surface area contributed by atoms with Gasteiger partial charge in [-0.15, -0.1) is 11.6 Å². The van der Waals surface area contributed by atoms with E-state index in [0.717, 1.165) is 0 Å². The first-order chi connectivity index (χ1) is 7.27. The molecule has 1 aromatic carbocycles. The van der Waals surface area contributed by atoms with Crippen molar-refractivity contribution in [3.8, 4) is 0 Å². The lowest BCUT2D eigenvalue weighted by Crippen LogP contribution is -2.03. The minimum absolute atomic E-state index is 0.147. The fourth-order valence-electron chi connectivity index (χ4n) is 1.60. The smallest absolute Gasteiger partial charge is 0.151 e. The van der Waals surface area contributed by atoms with Crippen molar-refractivity contribution >= 4 is 22.6 Å². The van der Waals surface area contributed by atoms with Gasteiger partial charge in [-0.1, -0.05) is 6.07 Å². The Kier molecular flexibility index (Phi) is 2.86. The van der Waals surface area contributed by atoms with Gasteiger partial charge in [0.2, 0.25) is 0 Å². The first-order valence-corrected chi connectivity index (χ1v) is 5.07. The van der Waals surface area contributed by atoms with Gasteiger partial charge < -0.3 is 4.57 Å². The fourth-order valence-corrected chi connectivity index (χ4v) is 1.80. The predicted molar refractivity (Wildman–Crippen MR) is 55.2 cm³/mol. The molecule has 0 radical (unpaired) electrons. The normalized spacial score (nSPS) is 11.1. The second-order valence-electron chi connectivity index (χ2n) is 3.11. The number of halogens is 3. The largest absolute Gasteiger partial charge is 0.324 e. The van der Waals surface area contributed by atoms with Crippen LogP contribution in [0.1, 0.15) is 5.82 Å². The Labute approximate surface area is 90.5 Å². The van der Waals surface area contributed by atoms with Gasteiger partial charge in [0.1, 0.15) is 18.0 Å². The molecule has 2 rings (SSSR count). The number of alkyl halides is 2. The molecule has 2 nitrogen and oxygen atoms in total. The first kappa shape index (κ1) is 10.4. The molecular formula is C10H9ClF2N2. The monoisotopic (exact) mass is 230 g/mol. The van der Waals surface area contributed by atoms with E-state index in [0.29, 0.717) is 11.3 Å². The van der Waals surface area contributed by atoms with Gasteiger partial charge in [0.05, 0.1) is 17.9 Å². The summed E-state index contributed by atoms with van der Waals surface area (Å²) in [7, 11) is 0.